The summed E-state index contributed by atoms with van der Waals surface area (Å²) in [5, 5.41) is 19.5. The summed E-state index contributed by atoms with van der Waals surface area (Å²) in [7, 11) is 0. The third-order valence-electron chi connectivity index (χ3n) is 3.07. The highest BCUT2D eigenvalue weighted by Crippen LogP contribution is 2.24. The molecule has 1 heterocycles. The molecule has 0 aliphatic heterocycles. The maximum absolute atomic E-state index is 10.6. The molecular weight excluding hydrogens is 300 g/mol. The third kappa shape index (κ3) is 3.15. The number of thioether (sulfide) groups is 1. The molecule has 0 atom stereocenters. The number of hydrogen-bond acceptors (Lipinski definition) is 5. The fraction of sp³-hybridized carbons (Fsp3) is 0.0667. The van der Waals surface area contributed by atoms with Gasteiger partial charge in [-0.15, -0.1) is 10.2 Å². The van der Waals surface area contributed by atoms with E-state index >= 15 is 0 Å². The summed E-state index contributed by atoms with van der Waals surface area (Å²) < 4.78 is 1.91. The van der Waals surface area contributed by atoms with Crippen LogP contribution in [0.15, 0.2) is 66.1 Å². The van der Waals surface area contributed by atoms with Gasteiger partial charge in [-0.3, -0.25) is 14.7 Å². The van der Waals surface area contributed by atoms with Crippen molar-refractivity contribution in [2.24, 2.45) is 0 Å². The highest BCUT2D eigenvalue weighted by molar-refractivity contribution is 7.98. The normalized spacial score (nSPS) is 10.5. The Morgan fingerprint density at radius 3 is 2.50 bits per heavy atom. The Hall–Kier alpha value is -2.67. The van der Waals surface area contributed by atoms with E-state index in [9.17, 15) is 10.1 Å². The van der Waals surface area contributed by atoms with Crippen molar-refractivity contribution in [2.75, 3.05) is 0 Å². The lowest BCUT2D eigenvalue weighted by Crippen LogP contribution is -1.95. The number of nitro benzene ring substituents is 1. The van der Waals surface area contributed by atoms with Crippen LogP contribution < -0.4 is 0 Å². The van der Waals surface area contributed by atoms with Crippen LogP contribution in [0, 0.1) is 10.1 Å². The second kappa shape index (κ2) is 6.40. The first-order chi connectivity index (χ1) is 10.7. The van der Waals surface area contributed by atoms with Gasteiger partial charge in [-0.2, -0.15) is 0 Å². The summed E-state index contributed by atoms with van der Waals surface area (Å²) in [6.45, 7) is 0. The van der Waals surface area contributed by atoms with E-state index in [1.807, 2.05) is 34.9 Å². The van der Waals surface area contributed by atoms with E-state index in [2.05, 4.69) is 10.2 Å². The molecule has 0 unspecified atom stereocenters. The van der Waals surface area contributed by atoms with E-state index in [0.29, 0.717) is 5.75 Å². The average molecular weight is 312 g/mol. The second-order valence-electron chi connectivity index (χ2n) is 4.53. The SMILES string of the molecule is O=[N+]([O-])c1ccc(CSc2nncn2-c2ccccc2)cc1. The van der Waals surface area contributed by atoms with E-state index in [-0.39, 0.29) is 5.69 Å². The van der Waals surface area contributed by atoms with Gasteiger partial charge in [-0.05, 0) is 17.7 Å². The molecule has 0 N–H and O–H groups in total. The number of nitrogens with zero attached hydrogens (tertiary/aromatic N) is 4. The largest absolute Gasteiger partial charge is 0.277 e. The van der Waals surface area contributed by atoms with Crippen molar-refractivity contribution in [2.45, 2.75) is 10.9 Å². The number of nitro groups is 1. The molecule has 0 aliphatic carbocycles. The first-order valence-electron chi connectivity index (χ1n) is 6.55. The summed E-state index contributed by atoms with van der Waals surface area (Å²) in [5.74, 6) is 0.670. The minimum Gasteiger partial charge on any atom is -0.277 e. The molecule has 0 bridgehead atoms. The molecule has 6 nitrogen and oxygen atoms in total. The molecule has 0 saturated carbocycles. The summed E-state index contributed by atoms with van der Waals surface area (Å²) in [4.78, 5) is 10.2. The minimum absolute atomic E-state index is 0.0983. The molecule has 0 fully saturated rings. The number of rotatable bonds is 5. The van der Waals surface area contributed by atoms with Crippen molar-refractivity contribution in [3.63, 3.8) is 0 Å². The van der Waals surface area contributed by atoms with Gasteiger partial charge in [0, 0.05) is 23.6 Å². The molecule has 0 aliphatic rings. The minimum atomic E-state index is -0.400. The van der Waals surface area contributed by atoms with Crippen LogP contribution in [0.4, 0.5) is 5.69 Å². The van der Waals surface area contributed by atoms with Crippen LogP contribution in [0.1, 0.15) is 5.56 Å². The van der Waals surface area contributed by atoms with Crippen molar-refractivity contribution in [1.29, 1.82) is 0 Å². The number of hydrogen-bond donors (Lipinski definition) is 0. The molecule has 0 saturated heterocycles. The van der Waals surface area contributed by atoms with Gasteiger partial charge < -0.3 is 0 Å². The maximum Gasteiger partial charge on any atom is 0.269 e. The lowest BCUT2D eigenvalue weighted by Gasteiger charge is -2.05. The Balaban J connectivity index is 1.72. The van der Waals surface area contributed by atoms with Gasteiger partial charge in [0.2, 0.25) is 0 Å². The highest BCUT2D eigenvalue weighted by Gasteiger charge is 2.08. The maximum atomic E-state index is 10.6. The summed E-state index contributed by atoms with van der Waals surface area (Å²) in [6.07, 6.45) is 1.67. The topological polar surface area (TPSA) is 73.8 Å². The van der Waals surface area contributed by atoms with Gasteiger partial charge in [-0.25, -0.2) is 0 Å². The summed E-state index contributed by atoms with van der Waals surface area (Å²) in [6, 6.07) is 16.4. The van der Waals surface area contributed by atoms with Crippen LogP contribution >= 0.6 is 11.8 Å². The van der Waals surface area contributed by atoms with Crippen LogP contribution in [0.5, 0.6) is 0 Å². The molecule has 1 aromatic heterocycles. The number of para-hydroxylation sites is 1. The van der Waals surface area contributed by atoms with Crippen LogP contribution in [-0.4, -0.2) is 19.7 Å². The summed E-state index contributed by atoms with van der Waals surface area (Å²) >= 11 is 1.54. The number of benzene rings is 2. The first kappa shape index (κ1) is 14.3. The predicted octanol–water partition coefficient (Wildman–Crippen LogP) is 3.47. The van der Waals surface area contributed by atoms with Gasteiger partial charge in [0.05, 0.1) is 4.92 Å². The fourth-order valence-corrected chi connectivity index (χ4v) is 2.84. The molecule has 0 spiro atoms. The Morgan fingerprint density at radius 2 is 1.82 bits per heavy atom. The van der Waals surface area contributed by atoms with Crippen molar-refractivity contribution >= 4 is 17.4 Å². The molecule has 3 aromatic rings. The van der Waals surface area contributed by atoms with E-state index in [4.69, 9.17) is 0 Å². The van der Waals surface area contributed by atoms with E-state index in [0.717, 1.165) is 16.4 Å². The molecule has 110 valence electrons. The Labute approximate surface area is 131 Å². The Bertz CT molecular complexity index is 772. The van der Waals surface area contributed by atoms with Gasteiger partial charge in [0.25, 0.3) is 5.69 Å². The fourth-order valence-electron chi connectivity index (χ4n) is 1.95. The third-order valence-corrected chi connectivity index (χ3v) is 4.08. The smallest absolute Gasteiger partial charge is 0.269 e. The van der Waals surface area contributed by atoms with Crippen LogP contribution in [-0.2, 0) is 5.75 Å². The number of non-ortho nitro benzene ring substituents is 1. The van der Waals surface area contributed by atoms with Crippen LogP contribution in [0.3, 0.4) is 0 Å². The zero-order valence-electron chi connectivity index (χ0n) is 11.5. The quantitative estimate of drug-likeness (QED) is 0.410. The van der Waals surface area contributed by atoms with Crippen molar-refractivity contribution < 1.29 is 4.92 Å². The molecule has 2 aromatic carbocycles. The lowest BCUT2D eigenvalue weighted by molar-refractivity contribution is -0.384. The van der Waals surface area contributed by atoms with Gasteiger partial charge in [-0.1, -0.05) is 42.1 Å². The summed E-state index contributed by atoms with van der Waals surface area (Å²) in [5.41, 5.74) is 2.10. The molecule has 7 heteroatoms. The van der Waals surface area contributed by atoms with Crippen molar-refractivity contribution in [3.8, 4) is 5.69 Å². The molecule has 0 radical (unpaired) electrons. The Morgan fingerprint density at radius 1 is 1.09 bits per heavy atom. The Kier molecular flexibility index (Phi) is 4.15. The monoisotopic (exact) mass is 312 g/mol. The lowest BCUT2D eigenvalue weighted by atomic mass is 10.2. The zero-order valence-corrected chi connectivity index (χ0v) is 12.3. The van der Waals surface area contributed by atoms with Gasteiger partial charge in [0.1, 0.15) is 6.33 Å². The molecular formula is C15H12N4O2S. The predicted molar refractivity (Wildman–Crippen MR) is 84.0 cm³/mol. The second-order valence-corrected chi connectivity index (χ2v) is 5.47. The first-order valence-corrected chi connectivity index (χ1v) is 7.54. The van der Waals surface area contributed by atoms with E-state index in [1.165, 1.54) is 23.9 Å². The zero-order chi connectivity index (χ0) is 15.4. The van der Waals surface area contributed by atoms with Crippen molar-refractivity contribution in [3.05, 3.63) is 76.6 Å². The highest BCUT2D eigenvalue weighted by atomic mass is 32.2. The van der Waals surface area contributed by atoms with Crippen molar-refractivity contribution in [1.82, 2.24) is 14.8 Å². The van der Waals surface area contributed by atoms with E-state index in [1.54, 1.807) is 18.5 Å². The average Bonchev–Trinajstić information content (AvgIpc) is 3.02. The van der Waals surface area contributed by atoms with Gasteiger partial charge in [0.15, 0.2) is 5.16 Å². The van der Waals surface area contributed by atoms with Gasteiger partial charge >= 0.3 is 0 Å². The number of aromatic nitrogens is 3. The molecule has 3 rings (SSSR count). The van der Waals surface area contributed by atoms with Crippen LogP contribution in [0.25, 0.3) is 5.69 Å². The molecule has 0 amide bonds. The van der Waals surface area contributed by atoms with Crippen LogP contribution in [0.2, 0.25) is 0 Å². The van der Waals surface area contributed by atoms with E-state index < -0.39 is 4.92 Å². The standard InChI is InChI=1S/C15H12N4O2S/c20-19(21)14-8-6-12(7-9-14)10-22-15-17-16-11-18(15)13-4-2-1-3-5-13/h1-9,11H,10H2. The molecule has 22 heavy (non-hydrogen) atoms.